The van der Waals surface area contributed by atoms with Gasteiger partial charge >= 0.3 is 5.97 Å². The Balaban J connectivity index is 1.49. The number of pyridine rings is 1. The summed E-state index contributed by atoms with van der Waals surface area (Å²) in [5, 5.41) is 12.5. The third-order valence-corrected chi connectivity index (χ3v) is 5.75. The molecule has 0 aliphatic rings. The molecule has 0 aliphatic carbocycles. The van der Waals surface area contributed by atoms with Gasteiger partial charge in [0.25, 0.3) is 5.69 Å². The van der Waals surface area contributed by atoms with Gasteiger partial charge in [-0.3, -0.25) is 10.1 Å². The predicted molar refractivity (Wildman–Crippen MR) is 126 cm³/mol. The lowest BCUT2D eigenvalue weighted by molar-refractivity contribution is -0.617. The molecule has 33 heavy (non-hydrogen) atoms. The summed E-state index contributed by atoms with van der Waals surface area (Å²) in [6, 6.07) is 29.0. The first-order chi connectivity index (χ1) is 16.0. The van der Waals surface area contributed by atoms with Gasteiger partial charge in [0.05, 0.1) is 21.3 Å². The summed E-state index contributed by atoms with van der Waals surface area (Å²) < 4.78 is 7.83. The Morgan fingerprint density at radius 1 is 0.758 bits per heavy atom. The van der Waals surface area contributed by atoms with Crippen molar-refractivity contribution < 1.29 is 19.0 Å². The molecule has 5 aromatic rings. The fourth-order valence-electron chi connectivity index (χ4n) is 4.10. The van der Waals surface area contributed by atoms with Crippen LogP contribution in [0.4, 0.5) is 5.69 Å². The highest BCUT2D eigenvalue weighted by Gasteiger charge is 2.23. The minimum Gasteiger partial charge on any atom is -0.423 e. The number of nitro benzene ring substituents is 1. The number of hydrogen-bond acceptors (Lipinski definition) is 4. The highest BCUT2D eigenvalue weighted by Crippen LogP contribution is 2.28. The van der Waals surface area contributed by atoms with Gasteiger partial charge in [0.2, 0.25) is 11.0 Å². The molecule has 0 atom stereocenters. The van der Waals surface area contributed by atoms with Gasteiger partial charge in [0.15, 0.2) is 0 Å². The van der Waals surface area contributed by atoms with E-state index in [0.717, 1.165) is 32.9 Å². The standard InChI is InChI=1S/C27H19N2O4/c1-28-24-8-4-2-6-22(24)26(23-7-3-5-9-25(23)28)27(30)33-21-16-12-19(13-17-21)18-10-14-20(15-11-18)29(31)32/h2-17H,1H3/q+1. The summed E-state index contributed by atoms with van der Waals surface area (Å²) in [5.74, 6) is -0.00172. The Morgan fingerprint density at radius 3 is 1.76 bits per heavy atom. The van der Waals surface area contributed by atoms with Crippen LogP contribution in [0.2, 0.25) is 0 Å². The van der Waals surface area contributed by atoms with Crippen LogP contribution in [-0.4, -0.2) is 10.9 Å². The highest BCUT2D eigenvalue weighted by molar-refractivity contribution is 6.13. The summed E-state index contributed by atoms with van der Waals surface area (Å²) >= 11 is 0. The van der Waals surface area contributed by atoms with Crippen LogP contribution in [-0.2, 0) is 7.05 Å². The average molecular weight is 435 g/mol. The van der Waals surface area contributed by atoms with Crippen LogP contribution < -0.4 is 9.30 Å². The van der Waals surface area contributed by atoms with Gasteiger partial charge in [0.1, 0.15) is 12.8 Å². The molecule has 0 saturated carbocycles. The molecule has 5 rings (SSSR count). The van der Waals surface area contributed by atoms with Crippen molar-refractivity contribution in [3.8, 4) is 16.9 Å². The number of hydrogen-bond donors (Lipinski definition) is 0. The number of nitrogens with zero attached hydrogens (tertiary/aromatic N) is 2. The predicted octanol–water partition coefficient (Wildman–Crippen LogP) is 5.61. The number of nitro groups is 1. The molecule has 0 saturated heterocycles. The number of non-ortho nitro benzene ring substituents is 1. The van der Waals surface area contributed by atoms with Crippen LogP contribution in [0, 0.1) is 10.1 Å². The molecule has 160 valence electrons. The Hall–Kier alpha value is -4.58. The van der Waals surface area contributed by atoms with Crippen molar-refractivity contribution in [3.05, 3.63) is 113 Å². The van der Waals surface area contributed by atoms with E-state index in [1.165, 1.54) is 12.1 Å². The number of carbonyl (C=O) groups excluding carboxylic acids is 1. The fourth-order valence-corrected chi connectivity index (χ4v) is 4.10. The SMILES string of the molecule is C[n+]1c2ccccc2c(C(=O)Oc2ccc(-c3ccc([N+](=O)[O-])cc3)cc2)c2ccccc21. The van der Waals surface area contributed by atoms with Crippen LogP contribution in [0.5, 0.6) is 5.75 Å². The van der Waals surface area contributed by atoms with Gasteiger partial charge in [-0.25, -0.2) is 4.79 Å². The minimum atomic E-state index is -0.427. The van der Waals surface area contributed by atoms with Crippen molar-refractivity contribution in [3.63, 3.8) is 0 Å². The van der Waals surface area contributed by atoms with Crippen molar-refractivity contribution >= 4 is 33.5 Å². The van der Waals surface area contributed by atoms with Crippen molar-refractivity contribution in [2.24, 2.45) is 7.05 Å². The van der Waals surface area contributed by atoms with Gasteiger partial charge in [-0.2, -0.15) is 4.57 Å². The van der Waals surface area contributed by atoms with Crippen LogP contribution in [0.1, 0.15) is 10.4 Å². The van der Waals surface area contributed by atoms with Gasteiger partial charge < -0.3 is 4.74 Å². The summed E-state index contributed by atoms with van der Waals surface area (Å²) in [7, 11) is 1.98. The molecule has 0 N–H and O–H groups in total. The number of fused-ring (bicyclic) bond motifs is 2. The van der Waals surface area contributed by atoms with E-state index in [-0.39, 0.29) is 5.69 Å². The lowest BCUT2D eigenvalue weighted by Gasteiger charge is -2.10. The molecule has 0 radical (unpaired) electrons. The fraction of sp³-hybridized carbons (Fsp3) is 0.0370. The Kier molecular flexibility index (Phi) is 5.03. The van der Waals surface area contributed by atoms with Gasteiger partial charge in [-0.05, 0) is 47.5 Å². The maximum atomic E-state index is 13.3. The molecule has 0 unspecified atom stereocenters. The van der Waals surface area contributed by atoms with E-state index in [1.54, 1.807) is 24.3 Å². The quantitative estimate of drug-likeness (QED) is 0.0918. The largest absolute Gasteiger partial charge is 0.423 e. The van der Waals surface area contributed by atoms with Crippen molar-refractivity contribution in [2.45, 2.75) is 0 Å². The van der Waals surface area contributed by atoms with Crippen molar-refractivity contribution in [1.82, 2.24) is 0 Å². The molecular formula is C27H19N2O4+. The van der Waals surface area contributed by atoms with E-state index in [1.807, 2.05) is 67.7 Å². The summed E-state index contributed by atoms with van der Waals surface area (Å²) in [4.78, 5) is 23.7. The molecular weight excluding hydrogens is 416 g/mol. The second kappa shape index (κ2) is 8.16. The van der Waals surface area contributed by atoms with Crippen LogP contribution >= 0.6 is 0 Å². The average Bonchev–Trinajstić information content (AvgIpc) is 2.85. The monoisotopic (exact) mass is 435 g/mol. The zero-order chi connectivity index (χ0) is 22.9. The van der Waals surface area contributed by atoms with Crippen LogP contribution in [0.25, 0.3) is 32.9 Å². The zero-order valence-corrected chi connectivity index (χ0v) is 17.8. The molecule has 0 fully saturated rings. The molecule has 1 heterocycles. The third-order valence-electron chi connectivity index (χ3n) is 5.75. The summed E-state index contributed by atoms with van der Waals surface area (Å²) in [5.41, 5.74) is 4.16. The first-order valence-corrected chi connectivity index (χ1v) is 10.4. The number of benzene rings is 4. The van der Waals surface area contributed by atoms with E-state index in [4.69, 9.17) is 4.74 Å². The molecule has 6 heteroatoms. The first-order valence-electron chi connectivity index (χ1n) is 10.4. The van der Waals surface area contributed by atoms with E-state index in [2.05, 4.69) is 4.57 Å². The Labute approximate surface area is 189 Å². The molecule has 0 amide bonds. The second-order valence-electron chi connectivity index (χ2n) is 7.69. The molecule has 1 aromatic heterocycles. The Bertz CT molecular complexity index is 1470. The van der Waals surface area contributed by atoms with Gasteiger partial charge in [0, 0.05) is 24.3 Å². The number of aryl methyl sites for hydroxylation is 1. The van der Waals surface area contributed by atoms with Gasteiger partial charge in [-0.15, -0.1) is 0 Å². The number of carbonyl (C=O) groups is 1. The van der Waals surface area contributed by atoms with E-state index < -0.39 is 10.9 Å². The van der Waals surface area contributed by atoms with Crippen LogP contribution in [0.3, 0.4) is 0 Å². The maximum absolute atomic E-state index is 13.3. The number of rotatable bonds is 4. The Morgan fingerprint density at radius 2 is 1.24 bits per heavy atom. The number of esters is 1. The molecule has 6 nitrogen and oxygen atoms in total. The minimum absolute atomic E-state index is 0.0417. The molecule has 0 aliphatic heterocycles. The molecule has 0 spiro atoms. The van der Waals surface area contributed by atoms with Crippen LogP contribution in [0.15, 0.2) is 97.1 Å². The third kappa shape index (κ3) is 3.68. The zero-order valence-electron chi connectivity index (χ0n) is 17.8. The smallest absolute Gasteiger partial charge is 0.345 e. The number of para-hydroxylation sites is 2. The van der Waals surface area contributed by atoms with E-state index >= 15 is 0 Å². The summed E-state index contributed by atoms with van der Waals surface area (Å²) in [6.45, 7) is 0. The van der Waals surface area contributed by atoms with E-state index in [9.17, 15) is 14.9 Å². The van der Waals surface area contributed by atoms with E-state index in [0.29, 0.717) is 11.3 Å². The molecule has 0 bridgehead atoms. The maximum Gasteiger partial charge on any atom is 0.345 e. The van der Waals surface area contributed by atoms with Gasteiger partial charge in [-0.1, -0.05) is 36.4 Å². The van der Waals surface area contributed by atoms with Crippen molar-refractivity contribution in [2.75, 3.05) is 0 Å². The summed E-state index contributed by atoms with van der Waals surface area (Å²) in [6.07, 6.45) is 0. The topological polar surface area (TPSA) is 73.3 Å². The normalized spacial score (nSPS) is 10.9. The lowest BCUT2D eigenvalue weighted by atomic mass is 10.0. The highest BCUT2D eigenvalue weighted by atomic mass is 16.6. The lowest BCUT2D eigenvalue weighted by Crippen LogP contribution is -2.31. The number of aromatic nitrogens is 1. The molecule has 4 aromatic carbocycles. The first kappa shape index (κ1) is 20.3. The second-order valence-corrected chi connectivity index (χ2v) is 7.69. The van der Waals surface area contributed by atoms with Crippen molar-refractivity contribution in [1.29, 1.82) is 0 Å². The number of ether oxygens (including phenoxy) is 1.